The fraction of sp³-hybridized carbons (Fsp3) is 0.333. The summed E-state index contributed by atoms with van der Waals surface area (Å²) in [6, 6.07) is 8.35. The first-order valence-corrected chi connectivity index (χ1v) is 9.77. The van der Waals surface area contributed by atoms with Crippen LogP contribution in [-0.2, 0) is 17.2 Å². The molecule has 146 valence electrons. The Morgan fingerprint density at radius 1 is 1.07 bits per heavy atom. The number of hydrogen-bond acceptors (Lipinski definition) is 3. The number of nitrogens with two attached hydrogens (primary N) is 1. The van der Waals surface area contributed by atoms with Crippen molar-refractivity contribution in [3.63, 3.8) is 0 Å². The third-order valence-corrected chi connectivity index (χ3v) is 6.27. The molecule has 1 aliphatic heterocycles. The van der Waals surface area contributed by atoms with Gasteiger partial charge in [-0.3, -0.25) is 0 Å². The van der Waals surface area contributed by atoms with E-state index in [2.05, 4.69) is 4.90 Å². The molecule has 3 rings (SSSR count). The van der Waals surface area contributed by atoms with Crippen LogP contribution in [0.1, 0.15) is 5.56 Å². The molecule has 0 aromatic heterocycles. The van der Waals surface area contributed by atoms with Crippen LogP contribution in [0.3, 0.4) is 0 Å². The minimum Gasteiger partial charge on any atom is -0.399 e. The van der Waals surface area contributed by atoms with Crippen LogP contribution >= 0.6 is 11.6 Å². The van der Waals surface area contributed by atoms with Crippen molar-refractivity contribution in [2.75, 3.05) is 39.0 Å². The van der Waals surface area contributed by atoms with Gasteiger partial charge in [0.05, 0.1) is 15.5 Å². The second kappa shape index (κ2) is 7.79. The zero-order chi connectivity index (χ0) is 19.8. The van der Waals surface area contributed by atoms with E-state index >= 15 is 0 Å². The Hall–Kier alpha value is -1.61. The van der Waals surface area contributed by atoms with Crippen molar-refractivity contribution in [3.05, 3.63) is 47.0 Å². The van der Waals surface area contributed by atoms with Crippen molar-refractivity contribution >= 4 is 28.3 Å². The highest BCUT2D eigenvalue weighted by Crippen LogP contribution is 2.42. The van der Waals surface area contributed by atoms with E-state index in [-0.39, 0.29) is 16.3 Å². The van der Waals surface area contributed by atoms with Crippen LogP contribution in [0.4, 0.5) is 18.9 Å². The monoisotopic (exact) mass is 417 g/mol. The van der Waals surface area contributed by atoms with Gasteiger partial charge in [-0.25, -0.2) is 8.51 Å². The molecule has 1 atom stereocenters. The number of rotatable bonds is 3. The fourth-order valence-corrected chi connectivity index (χ4v) is 4.48. The summed E-state index contributed by atoms with van der Waals surface area (Å²) in [4.78, 5) is 2.70. The van der Waals surface area contributed by atoms with Crippen molar-refractivity contribution in [1.29, 1.82) is 0 Å². The molecule has 1 aliphatic rings. The van der Waals surface area contributed by atoms with E-state index in [1.165, 1.54) is 18.2 Å². The first-order chi connectivity index (χ1) is 12.7. The number of anilines is 1. The predicted octanol–water partition coefficient (Wildman–Crippen LogP) is 3.88. The molecule has 1 fully saturated rings. The Bertz CT molecular complexity index is 850. The number of hydrogen-bond donors (Lipinski definition) is 1. The maximum absolute atomic E-state index is 13.4. The van der Waals surface area contributed by atoms with E-state index in [1.54, 1.807) is 12.1 Å². The number of benzene rings is 2. The summed E-state index contributed by atoms with van der Waals surface area (Å²) >= 11 is 6.06. The van der Waals surface area contributed by atoms with E-state index in [0.29, 0.717) is 23.5 Å². The van der Waals surface area contributed by atoms with E-state index in [1.807, 2.05) is 11.4 Å². The van der Waals surface area contributed by atoms with Crippen LogP contribution in [0.5, 0.6) is 0 Å². The molecule has 4 nitrogen and oxygen atoms in total. The van der Waals surface area contributed by atoms with Crippen molar-refractivity contribution in [1.82, 2.24) is 9.21 Å². The molecule has 0 saturated carbocycles. The van der Waals surface area contributed by atoms with Gasteiger partial charge in [-0.15, -0.1) is 0 Å². The molecule has 0 amide bonds. The lowest BCUT2D eigenvalue weighted by Gasteiger charge is -2.31. The highest BCUT2D eigenvalue weighted by Gasteiger charge is 2.35. The molecule has 1 heterocycles. The molecule has 1 saturated heterocycles. The second-order valence-corrected chi connectivity index (χ2v) is 8.32. The van der Waals surface area contributed by atoms with Gasteiger partial charge in [0.25, 0.3) is 0 Å². The lowest BCUT2D eigenvalue weighted by molar-refractivity contribution is -0.137. The summed E-state index contributed by atoms with van der Waals surface area (Å²) in [5.74, 6) is 0. The average molecular weight is 418 g/mol. The number of alkyl halides is 3. The molecule has 1 unspecified atom stereocenters. The Kier molecular flexibility index (Phi) is 5.81. The van der Waals surface area contributed by atoms with Crippen LogP contribution in [0.15, 0.2) is 41.3 Å². The molecule has 2 N–H and O–H groups in total. The van der Waals surface area contributed by atoms with Crippen molar-refractivity contribution < 1.29 is 17.4 Å². The minimum absolute atomic E-state index is 0.0520. The minimum atomic E-state index is -4.59. The summed E-state index contributed by atoms with van der Waals surface area (Å²) in [5, 5.41) is -0.0738. The number of nitrogens with zero attached hydrogens (tertiary/aromatic N) is 2. The summed E-state index contributed by atoms with van der Waals surface area (Å²) in [7, 11) is 0.654. The van der Waals surface area contributed by atoms with Gasteiger partial charge in [-0.1, -0.05) is 23.7 Å². The summed E-state index contributed by atoms with van der Waals surface area (Å²) < 4.78 is 54.7. The van der Waals surface area contributed by atoms with E-state index < -0.39 is 22.7 Å². The SMILES string of the molecule is CN1CCN(S(=O)c2ccc(-c3c(Cl)cc(N)cc3C(F)(F)F)cc2)CC1. The predicted molar refractivity (Wildman–Crippen MR) is 102 cm³/mol. The van der Waals surface area contributed by atoms with Gasteiger partial charge in [0.2, 0.25) is 0 Å². The third-order valence-electron chi connectivity index (χ3n) is 4.46. The van der Waals surface area contributed by atoms with Crippen molar-refractivity contribution in [3.8, 4) is 11.1 Å². The van der Waals surface area contributed by atoms with Gasteiger partial charge in [0.1, 0.15) is 11.0 Å². The van der Waals surface area contributed by atoms with Crippen LogP contribution in [0, 0.1) is 0 Å². The van der Waals surface area contributed by atoms with Gasteiger partial charge in [-0.2, -0.15) is 13.2 Å². The average Bonchev–Trinajstić information content (AvgIpc) is 2.61. The molecule has 0 bridgehead atoms. The Labute approximate surface area is 163 Å². The van der Waals surface area contributed by atoms with E-state index in [0.717, 1.165) is 19.2 Å². The Morgan fingerprint density at radius 3 is 2.22 bits per heavy atom. The Balaban J connectivity index is 1.91. The van der Waals surface area contributed by atoms with Crippen LogP contribution < -0.4 is 5.73 Å². The number of halogens is 4. The quantitative estimate of drug-likeness (QED) is 0.771. The van der Waals surface area contributed by atoms with Crippen molar-refractivity contribution in [2.45, 2.75) is 11.1 Å². The van der Waals surface area contributed by atoms with Gasteiger partial charge in [-0.05, 0) is 36.9 Å². The standard InChI is InChI=1S/C18H19ClF3N3OS/c1-24-6-8-25(9-7-24)27(26)14-4-2-12(3-5-14)17-15(18(20,21)22)10-13(23)11-16(17)19/h2-5,10-11H,6-9,23H2,1H3. The van der Waals surface area contributed by atoms with Crippen molar-refractivity contribution in [2.24, 2.45) is 0 Å². The maximum atomic E-state index is 13.4. The molecular weight excluding hydrogens is 399 g/mol. The van der Waals surface area contributed by atoms with E-state index in [4.69, 9.17) is 17.3 Å². The summed E-state index contributed by atoms with van der Waals surface area (Å²) in [6.07, 6.45) is -4.59. The molecule has 0 radical (unpaired) electrons. The van der Waals surface area contributed by atoms with Gasteiger partial charge < -0.3 is 10.6 Å². The van der Waals surface area contributed by atoms with Crippen LogP contribution in [0.25, 0.3) is 11.1 Å². The normalized spacial score (nSPS) is 17.8. The Morgan fingerprint density at radius 2 is 1.67 bits per heavy atom. The summed E-state index contributed by atoms with van der Waals surface area (Å²) in [5.41, 5.74) is 4.75. The molecule has 0 spiro atoms. The molecule has 0 aliphatic carbocycles. The topological polar surface area (TPSA) is 49.6 Å². The largest absolute Gasteiger partial charge is 0.417 e. The van der Waals surface area contributed by atoms with Crippen LogP contribution in [0.2, 0.25) is 5.02 Å². The highest BCUT2D eigenvalue weighted by atomic mass is 35.5. The number of likely N-dealkylation sites (N-methyl/N-ethyl adjacent to an activating group) is 1. The molecular formula is C18H19ClF3N3OS. The zero-order valence-corrected chi connectivity index (χ0v) is 16.2. The van der Waals surface area contributed by atoms with Crippen LogP contribution in [-0.4, -0.2) is 46.6 Å². The first kappa shape index (κ1) is 20.1. The number of nitrogen functional groups attached to an aromatic ring is 1. The first-order valence-electron chi connectivity index (χ1n) is 8.29. The van der Waals surface area contributed by atoms with Gasteiger partial charge in [0.15, 0.2) is 0 Å². The maximum Gasteiger partial charge on any atom is 0.417 e. The second-order valence-electron chi connectivity index (χ2n) is 6.43. The van der Waals surface area contributed by atoms with Gasteiger partial charge >= 0.3 is 6.18 Å². The lowest BCUT2D eigenvalue weighted by atomic mass is 9.98. The molecule has 2 aromatic rings. The summed E-state index contributed by atoms with van der Waals surface area (Å²) in [6.45, 7) is 2.99. The molecule has 2 aromatic carbocycles. The zero-order valence-electron chi connectivity index (χ0n) is 14.6. The van der Waals surface area contributed by atoms with Gasteiger partial charge in [0, 0.05) is 37.4 Å². The third kappa shape index (κ3) is 4.45. The highest BCUT2D eigenvalue weighted by molar-refractivity contribution is 7.82. The molecule has 9 heteroatoms. The smallest absolute Gasteiger partial charge is 0.399 e. The molecule has 27 heavy (non-hydrogen) atoms. The number of piperazine rings is 1. The fourth-order valence-electron chi connectivity index (χ4n) is 2.99. The van der Waals surface area contributed by atoms with E-state index in [9.17, 15) is 17.4 Å². The lowest BCUT2D eigenvalue weighted by Crippen LogP contribution is -2.45.